The van der Waals surface area contributed by atoms with E-state index in [0.717, 1.165) is 13.1 Å². The van der Waals surface area contributed by atoms with Crippen molar-refractivity contribution < 1.29 is 0 Å². The van der Waals surface area contributed by atoms with Gasteiger partial charge in [-0.1, -0.05) is 30.3 Å². The molecular weight excluding hydrogens is 260 g/mol. The van der Waals surface area contributed by atoms with Gasteiger partial charge in [-0.05, 0) is 31.4 Å². The number of hydrogen-bond donors (Lipinski definition) is 1. The van der Waals surface area contributed by atoms with Crippen LogP contribution >= 0.6 is 0 Å². The Bertz CT molecular complexity index is 590. The lowest BCUT2D eigenvalue weighted by Gasteiger charge is -2.26. The van der Waals surface area contributed by atoms with Crippen LogP contribution in [-0.4, -0.2) is 34.3 Å². The lowest BCUT2D eigenvalue weighted by molar-refractivity contribution is 0.247. The van der Waals surface area contributed by atoms with Gasteiger partial charge in [-0.2, -0.15) is 5.10 Å². The number of rotatable bonds is 4. The van der Waals surface area contributed by atoms with Crippen LogP contribution < -0.4 is 5.73 Å². The molecule has 4 nitrogen and oxygen atoms in total. The highest BCUT2D eigenvalue weighted by Crippen LogP contribution is 2.33. The van der Waals surface area contributed by atoms with Gasteiger partial charge >= 0.3 is 0 Å². The maximum Gasteiger partial charge on any atom is 0.0540 e. The van der Waals surface area contributed by atoms with Crippen LogP contribution in [0.3, 0.4) is 0 Å². The number of aryl methyl sites for hydroxylation is 1. The molecule has 21 heavy (non-hydrogen) atoms. The monoisotopic (exact) mass is 284 g/mol. The highest BCUT2D eigenvalue weighted by molar-refractivity contribution is 5.24. The van der Waals surface area contributed by atoms with Gasteiger partial charge in [0.2, 0.25) is 0 Å². The summed E-state index contributed by atoms with van der Waals surface area (Å²) in [5, 5.41) is 4.37. The summed E-state index contributed by atoms with van der Waals surface area (Å²) < 4.78 is 1.93. The highest BCUT2D eigenvalue weighted by Gasteiger charge is 2.30. The molecule has 2 heterocycles. The Hall–Kier alpha value is -1.65. The standard InChI is InChI=1S/C17H24N4/c1-13-16(11-19-20(13)2)17(10-18)21-9-8-15(12-21)14-6-4-3-5-7-14/h3-7,11,15,17H,8-10,12,18H2,1-2H3. The van der Waals surface area contributed by atoms with Crippen LogP contribution in [0.2, 0.25) is 0 Å². The Morgan fingerprint density at radius 1 is 1.33 bits per heavy atom. The van der Waals surface area contributed by atoms with Gasteiger partial charge in [-0.15, -0.1) is 0 Å². The molecule has 1 aliphatic rings. The minimum Gasteiger partial charge on any atom is -0.329 e. The maximum absolute atomic E-state index is 6.07. The number of hydrogen-bond acceptors (Lipinski definition) is 3. The van der Waals surface area contributed by atoms with E-state index in [9.17, 15) is 0 Å². The molecule has 1 aliphatic heterocycles. The van der Waals surface area contributed by atoms with Crippen molar-refractivity contribution in [1.82, 2.24) is 14.7 Å². The lowest BCUT2D eigenvalue weighted by Crippen LogP contribution is -2.32. The number of nitrogens with zero attached hydrogens (tertiary/aromatic N) is 3. The van der Waals surface area contributed by atoms with Crippen LogP contribution in [0.1, 0.15) is 35.2 Å². The molecule has 2 atom stereocenters. The van der Waals surface area contributed by atoms with Gasteiger partial charge in [0.05, 0.1) is 12.2 Å². The molecule has 1 aromatic heterocycles. The SMILES string of the molecule is Cc1c(C(CN)N2CCC(c3ccccc3)C2)cnn1C. The number of nitrogens with two attached hydrogens (primary N) is 1. The molecule has 3 rings (SSSR count). The fraction of sp³-hybridized carbons (Fsp3) is 0.471. The first-order valence-electron chi connectivity index (χ1n) is 7.68. The number of benzene rings is 1. The van der Waals surface area contributed by atoms with E-state index in [4.69, 9.17) is 5.73 Å². The molecule has 0 aliphatic carbocycles. The van der Waals surface area contributed by atoms with E-state index < -0.39 is 0 Å². The van der Waals surface area contributed by atoms with E-state index in [0.29, 0.717) is 12.5 Å². The van der Waals surface area contributed by atoms with Crippen molar-refractivity contribution in [3.05, 3.63) is 53.3 Å². The van der Waals surface area contributed by atoms with Crippen LogP contribution in [0.25, 0.3) is 0 Å². The van der Waals surface area contributed by atoms with E-state index in [1.54, 1.807) is 0 Å². The molecule has 0 radical (unpaired) electrons. The molecule has 1 aromatic carbocycles. The highest BCUT2D eigenvalue weighted by atomic mass is 15.3. The van der Waals surface area contributed by atoms with Crippen LogP contribution in [0.5, 0.6) is 0 Å². The van der Waals surface area contributed by atoms with E-state index in [1.165, 1.54) is 23.2 Å². The summed E-state index contributed by atoms with van der Waals surface area (Å²) in [6.07, 6.45) is 3.18. The second-order valence-electron chi connectivity index (χ2n) is 5.95. The molecular formula is C17H24N4. The summed E-state index contributed by atoms with van der Waals surface area (Å²) in [4.78, 5) is 2.52. The van der Waals surface area contributed by atoms with E-state index in [-0.39, 0.29) is 6.04 Å². The predicted molar refractivity (Wildman–Crippen MR) is 85.1 cm³/mol. The van der Waals surface area contributed by atoms with Crippen molar-refractivity contribution in [3.63, 3.8) is 0 Å². The average molecular weight is 284 g/mol. The van der Waals surface area contributed by atoms with Gasteiger partial charge in [0.15, 0.2) is 0 Å². The van der Waals surface area contributed by atoms with Crippen molar-refractivity contribution in [3.8, 4) is 0 Å². The van der Waals surface area contributed by atoms with E-state index >= 15 is 0 Å². The molecule has 0 saturated carbocycles. The van der Waals surface area contributed by atoms with Crippen molar-refractivity contribution in [2.45, 2.75) is 25.3 Å². The summed E-state index contributed by atoms with van der Waals surface area (Å²) in [5.74, 6) is 0.622. The number of aromatic nitrogens is 2. The fourth-order valence-corrected chi connectivity index (χ4v) is 3.38. The molecule has 0 spiro atoms. The Morgan fingerprint density at radius 2 is 2.10 bits per heavy atom. The molecule has 0 bridgehead atoms. The minimum absolute atomic E-state index is 0.285. The quantitative estimate of drug-likeness (QED) is 0.936. The fourth-order valence-electron chi connectivity index (χ4n) is 3.38. The summed E-state index contributed by atoms with van der Waals surface area (Å²) in [7, 11) is 1.99. The summed E-state index contributed by atoms with van der Waals surface area (Å²) in [6.45, 7) is 4.96. The normalized spacial score (nSPS) is 20.8. The third-order valence-electron chi connectivity index (χ3n) is 4.79. The maximum atomic E-state index is 6.07. The smallest absolute Gasteiger partial charge is 0.0540 e. The Balaban J connectivity index is 1.76. The minimum atomic E-state index is 0.285. The van der Waals surface area contributed by atoms with Gasteiger partial charge in [-0.3, -0.25) is 9.58 Å². The summed E-state index contributed by atoms with van der Waals surface area (Å²) in [5.41, 5.74) is 10.00. The van der Waals surface area contributed by atoms with Crippen molar-refractivity contribution in [2.24, 2.45) is 12.8 Å². The molecule has 1 saturated heterocycles. The molecule has 1 fully saturated rings. The zero-order valence-corrected chi connectivity index (χ0v) is 12.9. The van der Waals surface area contributed by atoms with E-state index in [2.05, 4.69) is 47.3 Å². The van der Waals surface area contributed by atoms with Crippen molar-refractivity contribution in [1.29, 1.82) is 0 Å². The second kappa shape index (κ2) is 6.00. The largest absolute Gasteiger partial charge is 0.329 e. The third kappa shape index (κ3) is 2.74. The summed E-state index contributed by atoms with van der Waals surface area (Å²) >= 11 is 0. The average Bonchev–Trinajstić information content (AvgIpc) is 3.12. The van der Waals surface area contributed by atoms with Crippen LogP contribution in [0.15, 0.2) is 36.5 Å². The van der Waals surface area contributed by atoms with Gasteiger partial charge in [0.25, 0.3) is 0 Å². The van der Waals surface area contributed by atoms with Crippen LogP contribution in [0, 0.1) is 6.92 Å². The molecule has 2 unspecified atom stereocenters. The van der Waals surface area contributed by atoms with Crippen LogP contribution in [0.4, 0.5) is 0 Å². The topological polar surface area (TPSA) is 47.1 Å². The first-order chi connectivity index (χ1) is 10.2. The third-order valence-corrected chi connectivity index (χ3v) is 4.79. The summed E-state index contributed by atoms with van der Waals surface area (Å²) in [6, 6.07) is 11.1. The molecule has 2 N–H and O–H groups in total. The van der Waals surface area contributed by atoms with Crippen LogP contribution in [-0.2, 0) is 7.05 Å². The Labute approximate surface area is 126 Å². The number of likely N-dealkylation sites (tertiary alicyclic amines) is 1. The molecule has 0 amide bonds. The van der Waals surface area contributed by atoms with Crippen molar-refractivity contribution in [2.75, 3.05) is 19.6 Å². The molecule has 112 valence electrons. The van der Waals surface area contributed by atoms with Crippen molar-refractivity contribution >= 4 is 0 Å². The van der Waals surface area contributed by atoms with Gasteiger partial charge < -0.3 is 5.73 Å². The Kier molecular flexibility index (Phi) is 4.08. The molecule has 4 heteroatoms. The van der Waals surface area contributed by atoms with E-state index in [1.807, 2.05) is 17.9 Å². The first kappa shape index (κ1) is 14.3. The predicted octanol–water partition coefficient (Wildman–Crippen LogP) is 2.22. The lowest BCUT2D eigenvalue weighted by atomic mass is 9.98. The first-order valence-corrected chi connectivity index (χ1v) is 7.68. The zero-order valence-electron chi connectivity index (χ0n) is 12.9. The zero-order chi connectivity index (χ0) is 14.8. The Morgan fingerprint density at radius 3 is 2.71 bits per heavy atom. The second-order valence-corrected chi connectivity index (χ2v) is 5.95. The molecule has 2 aromatic rings. The van der Waals surface area contributed by atoms with Gasteiger partial charge in [0, 0.05) is 31.4 Å². The van der Waals surface area contributed by atoms with Gasteiger partial charge in [-0.25, -0.2) is 0 Å². The van der Waals surface area contributed by atoms with Gasteiger partial charge in [0.1, 0.15) is 0 Å².